The zero-order chi connectivity index (χ0) is 16.3. The van der Waals surface area contributed by atoms with E-state index in [9.17, 15) is 14.1 Å². The second-order valence-electron chi connectivity index (χ2n) is 5.40. The van der Waals surface area contributed by atoms with E-state index in [1.165, 1.54) is 12.1 Å². The summed E-state index contributed by atoms with van der Waals surface area (Å²) in [4.78, 5) is 14.3. The van der Waals surface area contributed by atoms with Crippen LogP contribution in [0.1, 0.15) is 24.2 Å². The Balaban J connectivity index is 2.26. The van der Waals surface area contributed by atoms with Gasteiger partial charge in [-0.25, -0.2) is 0 Å². The molecule has 1 aromatic rings. The standard InChI is InChI=1S/C15H20ClNO4S/c1-3-21-13-7-11(6-12(16)14(13)18)15(19)17-4-5-22(20)9-10(2)8-17/h6-7,10,18H,3-5,8-9H2,1-2H3. The maximum Gasteiger partial charge on any atom is 0.254 e. The number of hydrogen-bond acceptors (Lipinski definition) is 4. The minimum absolute atomic E-state index is 0.0840. The van der Waals surface area contributed by atoms with Crippen LogP contribution in [0, 0.1) is 5.92 Å². The molecule has 1 saturated heterocycles. The van der Waals surface area contributed by atoms with Gasteiger partial charge in [-0.1, -0.05) is 18.5 Å². The molecule has 122 valence electrons. The van der Waals surface area contributed by atoms with E-state index in [0.29, 0.717) is 36.8 Å². The van der Waals surface area contributed by atoms with Gasteiger partial charge in [-0.05, 0) is 25.0 Å². The molecular formula is C15H20ClNO4S. The summed E-state index contributed by atoms with van der Waals surface area (Å²) in [5.74, 6) is 1.14. The minimum Gasteiger partial charge on any atom is -0.503 e. The van der Waals surface area contributed by atoms with Crippen molar-refractivity contribution in [1.29, 1.82) is 0 Å². The molecule has 1 fully saturated rings. The summed E-state index contributed by atoms with van der Waals surface area (Å²) in [7, 11) is -0.881. The van der Waals surface area contributed by atoms with E-state index in [0.717, 1.165) is 0 Å². The van der Waals surface area contributed by atoms with E-state index in [1.54, 1.807) is 11.8 Å². The Labute approximate surface area is 137 Å². The fourth-order valence-electron chi connectivity index (χ4n) is 2.46. The lowest BCUT2D eigenvalue weighted by atomic mass is 10.1. The number of ether oxygens (including phenoxy) is 1. The molecule has 1 aliphatic heterocycles. The number of hydrogen-bond donors (Lipinski definition) is 1. The molecule has 5 nitrogen and oxygen atoms in total. The highest BCUT2D eigenvalue weighted by molar-refractivity contribution is 7.85. The quantitative estimate of drug-likeness (QED) is 0.912. The molecule has 1 aromatic carbocycles. The molecular weight excluding hydrogens is 326 g/mol. The van der Waals surface area contributed by atoms with Gasteiger partial charge in [-0.15, -0.1) is 0 Å². The molecule has 1 N–H and O–H groups in total. The Morgan fingerprint density at radius 1 is 1.55 bits per heavy atom. The van der Waals surface area contributed by atoms with Gasteiger partial charge in [0, 0.05) is 41.0 Å². The number of halogens is 1. The first kappa shape index (κ1) is 17.1. The van der Waals surface area contributed by atoms with E-state index in [4.69, 9.17) is 16.3 Å². The van der Waals surface area contributed by atoms with Gasteiger partial charge >= 0.3 is 0 Å². The number of phenols is 1. The van der Waals surface area contributed by atoms with Crippen molar-refractivity contribution >= 4 is 28.3 Å². The molecule has 2 rings (SSSR count). The SMILES string of the molecule is CCOc1cc(C(=O)N2CCS(=O)CC(C)C2)cc(Cl)c1O. The third-order valence-corrected chi connectivity index (χ3v) is 5.32. The van der Waals surface area contributed by atoms with Crippen molar-refractivity contribution in [2.45, 2.75) is 13.8 Å². The van der Waals surface area contributed by atoms with Gasteiger partial charge in [0.25, 0.3) is 5.91 Å². The molecule has 0 saturated carbocycles. The summed E-state index contributed by atoms with van der Waals surface area (Å²) in [6.45, 7) is 5.15. The number of carbonyl (C=O) groups is 1. The number of amides is 1. The second kappa shape index (κ2) is 7.33. The van der Waals surface area contributed by atoms with Crippen LogP contribution in [0.3, 0.4) is 0 Å². The Morgan fingerprint density at radius 3 is 2.95 bits per heavy atom. The molecule has 2 atom stereocenters. The topological polar surface area (TPSA) is 66.8 Å². The van der Waals surface area contributed by atoms with Crippen LogP contribution >= 0.6 is 11.6 Å². The van der Waals surface area contributed by atoms with Gasteiger partial charge in [0.1, 0.15) is 0 Å². The Hall–Kier alpha value is -1.27. The first-order valence-corrected chi connectivity index (χ1v) is 9.08. The van der Waals surface area contributed by atoms with Gasteiger partial charge in [0.2, 0.25) is 0 Å². The Kier molecular flexibility index (Phi) is 5.69. The molecule has 0 radical (unpaired) electrons. The first-order chi connectivity index (χ1) is 10.4. The lowest BCUT2D eigenvalue weighted by Gasteiger charge is -2.22. The van der Waals surface area contributed by atoms with Gasteiger partial charge < -0.3 is 14.7 Å². The lowest BCUT2D eigenvalue weighted by Crippen LogP contribution is -2.35. The molecule has 7 heteroatoms. The average molecular weight is 346 g/mol. The Bertz CT molecular complexity index is 593. The molecule has 1 aliphatic rings. The maximum atomic E-state index is 12.7. The summed E-state index contributed by atoms with van der Waals surface area (Å²) in [5, 5.41) is 9.93. The lowest BCUT2D eigenvalue weighted by molar-refractivity contribution is 0.0751. The van der Waals surface area contributed by atoms with Crippen molar-refractivity contribution in [2.24, 2.45) is 5.92 Å². The van der Waals surface area contributed by atoms with Crippen molar-refractivity contribution in [3.05, 3.63) is 22.7 Å². The zero-order valence-electron chi connectivity index (χ0n) is 12.7. The van der Waals surface area contributed by atoms with Gasteiger partial charge in [-0.3, -0.25) is 9.00 Å². The first-order valence-electron chi connectivity index (χ1n) is 7.22. The predicted molar refractivity (Wildman–Crippen MR) is 87.2 cm³/mol. The molecule has 22 heavy (non-hydrogen) atoms. The van der Waals surface area contributed by atoms with E-state index >= 15 is 0 Å². The summed E-state index contributed by atoms with van der Waals surface area (Å²) < 4.78 is 17.0. The van der Waals surface area contributed by atoms with Crippen molar-refractivity contribution in [1.82, 2.24) is 4.90 Å². The number of nitrogens with zero attached hydrogens (tertiary/aromatic N) is 1. The van der Waals surface area contributed by atoms with Crippen molar-refractivity contribution in [2.75, 3.05) is 31.2 Å². The monoisotopic (exact) mass is 345 g/mol. The van der Waals surface area contributed by atoms with Crippen molar-refractivity contribution in [3.8, 4) is 11.5 Å². The van der Waals surface area contributed by atoms with Crippen LogP contribution in [0.2, 0.25) is 5.02 Å². The molecule has 0 aliphatic carbocycles. The second-order valence-corrected chi connectivity index (χ2v) is 7.43. The van der Waals surface area contributed by atoms with Crippen LogP contribution in [0.25, 0.3) is 0 Å². The van der Waals surface area contributed by atoms with Crippen LogP contribution in [0.15, 0.2) is 12.1 Å². The molecule has 1 amide bonds. The third kappa shape index (κ3) is 3.93. The highest BCUT2D eigenvalue weighted by Crippen LogP contribution is 2.35. The van der Waals surface area contributed by atoms with Crippen LogP contribution in [0.5, 0.6) is 11.5 Å². The normalized spacial score (nSPS) is 22.2. The predicted octanol–water partition coefficient (Wildman–Crippen LogP) is 2.28. The van der Waals surface area contributed by atoms with Gasteiger partial charge in [0.05, 0.1) is 11.6 Å². The molecule has 0 bridgehead atoms. The highest BCUT2D eigenvalue weighted by atomic mass is 35.5. The third-order valence-electron chi connectivity index (χ3n) is 3.45. The summed E-state index contributed by atoms with van der Waals surface area (Å²) >= 11 is 5.97. The number of rotatable bonds is 3. The Morgan fingerprint density at radius 2 is 2.27 bits per heavy atom. The van der Waals surface area contributed by atoms with Crippen LogP contribution in [0.4, 0.5) is 0 Å². The molecule has 2 unspecified atom stereocenters. The average Bonchev–Trinajstić information content (AvgIpc) is 2.63. The maximum absolute atomic E-state index is 12.7. The smallest absolute Gasteiger partial charge is 0.254 e. The van der Waals surface area contributed by atoms with E-state index in [-0.39, 0.29) is 28.3 Å². The fourth-order valence-corrected chi connectivity index (χ4v) is 4.00. The van der Waals surface area contributed by atoms with Gasteiger partial charge in [0.15, 0.2) is 11.5 Å². The number of benzene rings is 1. The zero-order valence-corrected chi connectivity index (χ0v) is 14.2. The van der Waals surface area contributed by atoms with E-state index in [2.05, 4.69) is 0 Å². The minimum atomic E-state index is -0.881. The van der Waals surface area contributed by atoms with Crippen molar-refractivity contribution in [3.63, 3.8) is 0 Å². The van der Waals surface area contributed by atoms with Crippen LogP contribution in [-0.2, 0) is 10.8 Å². The summed E-state index contributed by atoms with van der Waals surface area (Å²) in [6.07, 6.45) is 0. The number of aromatic hydroxyl groups is 1. The van der Waals surface area contributed by atoms with E-state index in [1.807, 2.05) is 6.92 Å². The van der Waals surface area contributed by atoms with Crippen LogP contribution < -0.4 is 4.74 Å². The van der Waals surface area contributed by atoms with Gasteiger partial charge in [-0.2, -0.15) is 0 Å². The number of carbonyl (C=O) groups excluding carboxylic acids is 1. The fraction of sp³-hybridized carbons (Fsp3) is 0.533. The highest BCUT2D eigenvalue weighted by Gasteiger charge is 2.25. The molecule has 1 heterocycles. The molecule has 0 aromatic heterocycles. The number of phenolic OH excluding ortho intramolecular Hbond substituents is 1. The largest absolute Gasteiger partial charge is 0.503 e. The van der Waals surface area contributed by atoms with E-state index < -0.39 is 10.8 Å². The van der Waals surface area contributed by atoms with Crippen molar-refractivity contribution < 1.29 is 18.8 Å². The summed E-state index contributed by atoms with van der Waals surface area (Å²) in [6, 6.07) is 2.94. The molecule has 0 spiro atoms. The summed E-state index contributed by atoms with van der Waals surface area (Å²) in [5.41, 5.74) is 0.367. The van der Waals surface area contributed by atoms with Crippen LogP contribution in [-0.4, -0.2) is 51.3 Å².